The Labute approximate surface area is 126 Å². The molecule has 4 nitrogen and oxygen atoms in total. The van der Waals surface area contributed by atoms with E-state index in [1.165, 1.54) is 18.4 Å². The van der Waals surface area contributed by atoms with Crippen LogP contribution in [0.1, 0.15) is 43.4 Å². The Morgan fingerprint density at radius 1 is 1.43 bits per heavy atom. The molecule has 0 saturated heterocycles. The minimum atomic E-state index is -0.216. The first kappa shape index (κ1) is 14.4. The van der Waals surface area contributed by atoms with Gasteiger partial charge in [-0.2, -0.15) is 0 Å². The molecule has 2 aliphatic rings. The summed E-state index contributed by atoms with van der Waals surface area (Å²) in [6, 6.07) is 7.84. The standard InChI is InChI=1S/C17H24N2O2/c1-2-17(8-9-17)12-18-16(21)19-10-7-13-5-3-4-6-14(13)15(19)11-20/h3-6,15,20H,2,7-12H2,1H3,(H,18,21). The van der Waals surface area contributed by atoms with Crippen LogP contribution in [0.15, 0.2) is 24.3 Å². The lowest BCUT2D eigenvalue weighted by Gasteiger charge is -2.36. The summed E-state index contributed by atoms with van der Waals surface area (Å²) < 4.78 is 0. The van der Waals surface area contributed by atoms with E-state index < -0.39 is 0 Å². The van der Waals surface area contributed by atoms with E-state index >= 15 is 0 Å². The van der Waals surface area contributed by atoms with E-state index in [1.807, 2.05) is 18.2 Å². The zero-order valence-electron chi connectivity index (χ0n) is 12.6. The van der Waals surface area contributed by atoms with Crippen LogP contribution in [0.5, 0.6) is 0 Å². The van der Waals surface area contributed by atoms with Gasteiger partial charge in [0.2, 0.25) is 0 Å². The first-order chi connectivity index (χ1) is 10.2. The van der Waals surface area contributed by atoms with Crippen molar-refractivity contribution >= 4 is 6.03 Å². The topological polar surface area (TPSA) is 52.6 Å². The Morgan fingerprint density at radius 3 is 2.86 bits per heavy atom. The summed E-state index contributed by atoms with van der Waals surface area (Å²) in [5, 5.41) is 12.8. The van der Waals surface area contributed by atoms with E-state index in [-0.39, 0.29) is 18.7 Å². The summed E-state index contributed by atoms with van der Waals surface area (Å²) in [7, 11) is 0. The van der Waals surface area contributed by atoms with E-state index in [4.69, 9.17) is 0 Å². The predicted molar refractivity (Wildman–Crippen MR) is 82.0 cm³/mol. The van der Waals surface area contributed by atoms with Crippen LogP contribution in [0.25, 0.3) is 0 Å². The number of urea groups is 1. The molecule has 3 rings (SSSR count). The molecule has 4 heteroatoms. The molecule has 0 radical (unpaired) electrons. The van der Waals surface area contributed by atoms with Gasteiger partial charge >= 0.3 is 6.03 Å². The van der Waals surface area contributed by atoms with E-state index in [2.05, 4.69) is 18.3 Å². The van der Waals surface area contributed by atoms with Crippen LogP contribution in [0, 0.1) is 5.41 Å². The maximum atomic E-state index is 12.5. The van der Waals surface area contributed by atoms with Crippen molar-refractivity contribution in [2.45, 2.75) is 38.6 Å². The predicted octanol–water partition coefficient (Wildman–Crippen LogP) is 2.48. The fraction of sp³-hybridized carbons (Fsp3) is 0.588. The zero-order chi connectivity index (χ0) is 14.9. The Kier molecular flexibility index (Phi) is 3.89. The van der Waals surface area contributed by atoms with Crippen molar-refractivity contribution in [3.8, 4) is 0 Å². The molecule has 1 atom stereocenters. The molecular weight excluding hydrogens is 264 g/mol. The molecule has 1 aromatic rings. The molecule has 0 aromatic heterocycles. The van der Waals surface area contributed by atoms with Gasteiger partial charge in [0.15, 0.2) is 0 Å². The molecule has 1 unspecified atom stereocenters. The highest BCUT2D eigenvalue weighted by Crippen LogP contribution is 2.47. The summed E-state index contributed by atoms with van der Waals surface area (Å²) in [6.45, 7) is 3.60. The molecule has 1 fully saturated rings. The maximum absolute atomic E-state index is 12.5. The highest BCUT2D eigenvalue weighted by molar-refractivity contribution is 5.75. The average Bonchev–Trinajstić information content (AvgIpc) is 3.32. The summed E-state index contributed by atoms with van der Waals surface area (Å²) in [5.74, 6) is 0. The van der Waals surface area contributed by atoms with Crippen LogP contribution >= 0.6 is 0 Å². The van der Waals surface area contributed by atoms with Gasteiger partial charge in [0.25, 0.3) is 0 Å². The van der Waals surface area contributed by atoms with Crippen LogP contribution in [0.2, 0.25) is 0 Å². The molecule has 1 aromatic carbocycles. The van der Waals surface area contributed by atoms with Crippen molar-refractivity contribution in [3.63, 3.8) is 0 Å². The first-order valence-electron chi connectivity index (χ1n) is 7.92. The number of aliphatic hydroxyl groups excluding tert-OH is 1. The number of nitrogens with one attached hydrogen (secondary N) is 1. The molecule has 114 valence electrons. The molecule has 1 saturated carbocycles. The second kappa shape index (κ2) is 5.68. The van der Waals surface area contributed by atoms with Crippen molar-refractivity contribution in [3.05, 3.63) is 35.4 Å². The fourth-order valence-electron chi connectivity index (χ4n) is 3.29. The molecule has 1 heterocycles. The van der Waals surface area contributed by atoms with E-state index in [1.54, 1.807) is 4.90 Å². The fourth-order valence-corrected chi connectivity index (χ4v) is 3.29. The smallest absolute Gasteiger partial charge is 0.318 e. The number of hydrogen-bond acceptors (Lipinski definition) is 2. The third-order valence-electron chi connectivity index (χ3n) is 5.17. The minimum absolute atomic E-state index is 0.0245. The third kappa shape index (κ3) is 2.77. The van der Waals surface area contributed by atoms with Crippen LogP contribution < -0.4 is 5.32 Å². The van der Waals surface area contributed by atoms with Gasteiger partial charge in [-0.15, -0.1) is 0 Å². The monoisotopic (exact) mass is 288 g/mol. The van der Waals surface area contributed by atoms with Gasteiger partial charge in [-0.25, -0.2) is 4.79 Å². The van der Waals surface area contributed by atoms with E-state index in [0.717, 1.165) is 24.9 Å². The molecule has 1 aliphatic carbocycles. The number of carbonyl (C=O) groups excluding carboxylic acids is 1. The van der Waals surface area contributed by atoms with Crippen LogP contribution in [-0.2, 0) is 6.42 Å². The number of benzene rings is 1. The second-order valence-electron chi connectivity index (χ2n) is 6.35. The van der Waals surface area contributed by atoms with E-state index in [9.17, 15) is 9.90 Å². The number of hydrogen-bond donors (Lipinski definition) is 2. The number of carbonyl (C=O) groups is 1. The van der Waals surface area contributed by atoms with Gasteiger partial charge in [0.05, 0.1) is 12.6 Å². The summed E-state index contributed by atoms with van der Waals surface area (Å²) in [5.41, 5.74) is 2.67. The lowest BCUT2D eigenvalue weighted by Crippen LogP contribution is -2.48. The first-order valence-corrected chi connectivity index (χ1v) is 7.92. The SMILES string of the molecule is CCC1(CNC(=O)N2CCc3ccccc3C2CO)CC1. The normalized spacial score (nSPS) is 22.6. The Balaban J connectivity index is 1.69. The van der Waals surface area contributed by atoms with Gasteiger partial charge < -0.3 is 15.3 Å². The van der Waals surface area contributed by atoms with Gasteiger partial charge in [-0.1, -0.05) is 31.2 Å². The number of amides is 2. The number of nitrogens with zero attached hydrogens (tertiary/aromatic N) is 1. The zero-order valence-corrected chi connectivity index (χ0v) is 12.6. The molecule has 1 aliphatic heterocycles. The molecule has 2 amide bonds. The molecule has 0 bridgehead atoms. The number of fused-ring (bicyclic) bond motifs is 1. The van der Waals surface area contributed by atoms with Crippen molar-refractivity contribution < 1.29 is 9.90 Å². The summed E-state index contributed by atoms with van der Waals surface area (Å²) >= 11 is 0. The molecule has 0 spiro atoms. The van der Waals surface area contributed by atoms with E-state index in [0.29, 0.717) is 12.0 Å². The van der Waals surface area contributed by atoms with Crippen LogP contribution in [-0.4, -0.2) is 35.7 Å². The van der Waals surface area contributed by atoms with Gasteiger partial charge in [-0.05, 0) is 42.2 Å². The lowest BCUT2D eigenvalue weighted by molar-refractivity contribution is 0.126. The summed E-state index contributed by atoms with van der Waals surface area (Å²) in [4.78, 5) is 14.3. The highest BCUT2D eigenvalue weighted by Gasteiger charge is 2.41. The maximum Gasteiger partial charge on any atom is 0.318 e. The largest absolute Gasteiger partial charge is 0.394 e. The quantitative estimate of drug-likeness (QED) is 0.894. The molecule has 2 N–H and O–H groups in total. The Bertz CT molecular complexity index is 525. The average molecular weight is 288 g/mol. The molecular formula is C17H24N2O2. The van der Waals surface area contributed by atoms with Gasteiger partial charge in [0, 0.05) is 13.1 Å². The minimum Gasteiger partial charge on any atom is -0.394 e. The number of aliphatic hydroxyl groups is 1. The van der Waals surface area contributed by atoms with Gasteiger partial charge in [0.1, 0.15) is 0 Å². The lowest BCUT2D eigenvalue weighted by atomic mass is 9.93. The highest BCUT2D eigenvalue weighted by atomic mass is 16.3. The van der Waals surface area contributed by atoms with Crippen LogP contribution in [0.3, 0.4) is 0 Å². The molecule has 21 heavy (non-hydrogen) atoms. The van der Waals surface area contributed by atoms with Crippen molar-refractivity contribution in [2.75, 3.05) is 19.7 Å². The van der Waals surface area contributed by atoms with Gasteiger partial charge in [-0.3, -0.25) is 0 Å². The van der Waals surface area contributed by atoms with Crippen molar-refractivity contribution in [1.29, 1.82) is 0 Å². The third-order valence-corrected chi connectivity index (χ3v) is 5.17. The van der Waals surface area contributed by atoms with Crippen molar-refractivity contribution in [1.82, 2.24) is 10.2 Å². The Hall–Kier alpha value is -1.55. The summed E-state index contributed by atoms with van der Waals surface area (Å²) in [6.07, 6.45) is 4.42. The second-order valence-corrected chi connectivity index (χ2v) is 6.35. The van der Waals surface area contributed by atoms with Crippen LogP contribution in [0.4, 0.5) is 4.79 Å². The number of rotatable bonds is 4. The Morgan fingerprint density at radius 2 is 2.19 bits per heavy atom. The van der Waals surface area contributed by atoms with Crippen molar-refractivity contribution in [2.24, 2.45) is 5.41 Å².